The predicted molar refractivity (Wildman–Crippen MR) is 73.3 cm³/mol. The standard InChI is InChI=1S/C13H13ClN2S/c14-11-4-1-5-12(7-11)17-9-13(15)10-3-2-6-16-8-10/h1-8,13H,9,15H2. The van der Waals surface area contributed by atoms with Crippen LogP contribution in [-0.2, 0) is 0 Å². The van der Waals surface area contributed by atoms with E-state index >= 15 is 0 Å². The van der Waals surface area contributed by atoms with Gasteiger partial charge in [0.25, 0.3) is 0 Å². The smallest absolute Gasteiger partial charge is 0.0417 e. The molecular formula is C13H13ClN2S. The van der Waals surface area contributed by atoms with Crippen molar-refractivity contribution in [3.8, 4) is 0 Å². The Morgan fingerprint density at radius 1 is 1.29 bits per heavy atom. The third-order valence-corrected chi connectivity index (χ3v) is 3.69. The highest BCUT2D eigenvalue weighted by molar-refractivity contribution is 7.99. The Balaban J connectivity index is 1.95. The minimum atomic E-state index is -0.00678. The van der Waals surface area contributed by atoms with Crippen molar-refractivity contribution in [1.29, 1.82) is 0 Å². The SMILES string of the molecule is NC(CSc1cccc(Cl)c1)c1cccnc1. The van der Waals surface area contributed by atoms with Crippen molar-refractivity contribution in [2.75, 3.05) is 5.75 Å². The van der Waals surface area contributed by atoms with Crippen LogP contribution in [0.15, 0.2) is 53.7 Å². The molecule has 0 bridgehead atoms. The molecule has 1 atom stereocenters. The second kappa shape index (κ2) is 6.05. The van der Waals surface area contributed by atoms with Gasteiger partial charge in [-0.2, -0.15) is 0 Å². The second-order valence-corrected chi connectivity index (χ2v) is 5.19. The number of nitrogens with two attached hydrogens (primary N) is 1. The number of aromatic nitrogens is 1. The average molecular weight is 265 g/mol. The maximum Gasteiger partial charge on any atom is 0.0417 e. The van der Waals surface area contributed by atoms with Crippen molar-refractivity contribution >= 4 is 23.4 Å². The number of thioether (sulfide) groups is 1. The highest BCUT2D eigenvalue weighted by Crippen LogP contribution is 2.25. The Morgan fingerprint density at radius 3 is 2.88 bits per heavy atom. The van der Waals surface area contributed by atoms with Gasteiger partial charge in [0.15, 0.2) is 0 Å². The molecule has 0 aliphatic carbocycles. The van der Waals surface area contributed by atoms with Gasteiger partial charge in [0, 0.05) is 34.1 Å². The summed E-state index contributed by atoms with van der Waals surface area (Å²) >= 11 is 7.62. The Hall–Kier alpha value is -1.03. The van der Waals surface area contributed by atoms with Gasteiger partial charge >= 0.3 is 0 Å². The Kier molecular flexibility index (Phi) is 4.42. The zero-order valence-electron chi connectivity index (χ0n) is 9.21. The van der Waals surface area contributed by atoms with E-state index < -0.39 is 0 Å². The van der Waals surface area contributed by atoms with Crippen LogP contribution in [0.5, 0.6) is 0 Å². The third kappa shape index (κ3) is 3.73. The van der Waals surface area contributed by atoms with Crippen LogP contribution in [0.2, 0.25) is 5.02 Å². The van der Waals surface area contributed by atoms with Gasteiger partial charge in [-0.1, -0.05) is 23.7 Å². The summed E-state index contributed by atoms with van der Waals surface area (Å²) in [6, 6.07) is 11.7. The normalized spacial score (nSPS) is 12.4. The zero-order valence-corrected chi connectivity index (χ0v) is 10.8. The number of hydrogen-bond donors (Lipinski definition) is 1. The van der Waals surface area contributed by atoms with Crippen LogP contribution in [0.3, 0.4) is 0 Å². The van der Waals surface area contributed by atoms with E-state index in [-0.39, 0.29) is 6.04 Å². The number of benzene rings is 1. The number of pyridine rings is 1. The van der Waals surface area contributed by atoms with E-state index in [9.17, 15) is 0 Å². The molecule has 0 radical (unpaired) electrons. The topological polar surface area (TPSA) is 38.9 Å². The lowest BCUT2D eigenvalue weighted by atomic mass is 10.2. The lowest BCUT2D eigenvalue weighted by molar-refractivity contribution is 0.824. The number of nitrogens with zero attached hydrogens (tertiary/aromatic N) is 1. The minimum absolute atomic E-state index is 0.00678. The molecule has 88 valence electrons. The van der Waals surface area contributed by atoms with E-state index in [0.29, 0.717) is 0 Å². The molecule has 4 heteroatoms. The van der Waals surface area contributed by atoms with Crippen molar-refractivity contribution < 1.29 is 0 Å². The van der Waals surface area contributed by atoms with E-state index in [1.54, 1.807) is 18.0 Å². The van der Waals surface area contributed by atoms with Crippen molar-refractivity contribution in [2.24, 2.45) is 5.73 Å². The van der Waals surface area contributed by atoms with Gasteiger partial charge in [-0.25, -0.2) is 0 Å². The molecule has 2 N–H and O–H groups in total. The monoisotopic (exact) mass is 264 g/mol. The number of hydrogen-bond acceptors (Lipinski definition) is 3. The highest BCUT2D eigenvalue weighted by Gasteiger charge is 2.06. The van der Waals surface area contributed by atoms with E-state index in [1.807, 2.05) is 42.6 Å². The second-order valence-electron chi connectivity index (χ2n) is 3.66. The van der Waals surface area contributed by atoms with Crippen LogP contribution in [0.25, 0.3) is 0 Å². The molecule has 0 aliphatic rings. The summed E-state index contributed by atoms with van der Waals surface area (Å²) in [5.74, 6) is 0.812. The van der Waals surface area contributed by atoms with Crippen LogP contribution in [0.4, 0.5) is 0 Å². The molecule has 2 rings (SSSR count). The molecule has 17 heavy (non-hydrogen) atoms. The summed E-state index contributed by atoms with van der Waals surface area (Å²) < 4.78 is 0. The van der Waals surface area contributed by atoms with E-state index in [0.717, 1.165) is 21.2 Å². The summed E-state index contributed by atoms with van der Waals surface area (Å²) in [4.78, 5) is 5.20. The lowest BCUT2D eigenvalue weighted by Gasteiger charge is -2.10. The van der Waals surface area contributed by atoms with Crippen LogP contribution < -0.4 is 5.73 Å². The molecule has 2 nitrogen and oxygen atoms in total. The molecule has 1 unspecified atom stereocenters. The van der Waals surface area contributed by atoms with E-state index in [2.05, 4.69) is 4.98 Å². The first-order chi connectivity index (χ1) is 8.25. The van der Waals surface area contributed by atoms with Gasteiger partial charge in [0.2, 0.25) is 0 Å². The fraction of sp³-hybridized carbons (Fsp3) is 0.154. The van der Waals surface area contributed by atoms with E-state index in [4.69, 9.17) is 17.3 Å². The molecule has 2 aromatic rings. The Morgan fingerprint density at radius 2 is 2.18 bits per heavy atom. The van der Waals surface area contributed by atoms with Gasteiger partial charge in [-0.05, 0) is 29.8 Å². The molecule has 0 aliphatic heterocycles. The van der Waals surface area contributed by atoms with Gasteiger partial charge in [-0.3, -0.25) is 4.98 Å². The van der Waals surface area contributed by atoms with Gasteiger partial charge < -0.3 is 5.73 Å². The van der Waals surface area contributed by atoms with Crippen molar-refractivity contribution in [1.82, 2.24) is 4.98 Å². The molecule has 0 saturated carbocycles. The minimum Gasteiger partial charge on any atom is -0.323 e. The molecular weight excluding hydrogens is 252 g/mol. The zero-order chi connectivity index (χ0) is 12.1. The van der Waals surface area contributed by atoms with Crippen LogP contribution in [0, 0.1) is 0 Å². The average Bonchev–Trinajstić information content (AvgIpc) is 2.37. The maximum absolute atomic E-state index is 6.09. The Labute approximate surface area is 110 Å². The van der Waals surface area contributed by atoms with Gasteiger partial charge in [0.1, 0.15) is 0 Å². The first-order valence-corrected chi connectivity index (χ1v) is 6.66. The number of rotatable bonds is 4. The van der Waals surface area contributed by atoms with Gasteiger partial charge in [-0.15, -0.1) is 11.8 Å². The summed E-state index contributed by atoms with van der Waals surface area (Å²) in [6.07, 6.45) is 3.56. The van der Waals surface area contributed by atoms with Crippen molar-refractivity contribution in [3.05, 3.63) is 59.4 Å². The fourth-order valence-corrected chi connectivity index (χ4v) is 2.64. The summed E-state index contributed by atoms with van der Waals surface area (Å²) in [6.45, 7) is 0. The van der Waals surface area contributed by atoms with Crippen LogP contribution >= 0.6 is 23.4 Å². The largest absolute Gasteiger partial charge is 0.323 e. The van der Waals surface area contributed by atoms with E-state index in [1.165, 1.54) is 0 Å². The predicted octanol–water partition coefficient (Wildman–Crippen LogP) is 3.53. The van der Waals surface area contributed by atoms with Crippen molar-refractivity contribution in [2.45, 2.75) is 10.9 Å². The maximum atomic E-state index is 6.09. The first-order valence-electron chi connectivity index (χ1n) is 5.29. The first kappa shape index (κ1) is 12.4. The van der Waals surface area contributed by atoms with Crippen molar-refractivity contribution in [3.63, 3.8) is 0 Å². The highest BCUT2D eigenvalue weighted by atomic mass is 35.5. The summed E-state index contributed by atoms with van der Waals surface area (Å²) in [7, 11) is 0. The third-order valence-electron chi connectivity index (χ3n) is 2.34. The van der Waals surface area contributed by atoms with Crippen LogP contribution in [-0.4, -0.2) is 10.7 Å². The molecule has 1 heterocycles. The summed E-state index contributed by atoms with van der Waals surface area (Å²) in [5.41, 5.74) is 7.14. The molecule has 1 aromatic carbocycles. The number of halogens is 1. The lowest BCUT2D eigenvalue weighted by Crippen LogP contribution is -2.12. The summed E-state index contributed by atoms with van der Waals surface area (Å²) in [5, 5.41) is 0.755. The molecule has 0 amide bonds. The van der Waals surface area contributed by atoms with Gasteiger partial charge in [0.05, 0.1) is 0 Å². The molecule has 0 saturated heterocycles. The molecule has 0 spiro atoms. The van der Waals surface area contributed by atoms with Crippen LogP contribution in [0.1, 0.15) is 11.6 Å². The molecule has 0 fully saturated rings. The quantitative estimate of drug-likeness (QED) is 0.859. The Bertz CT molecular complexity index is 476. The fourth-order valence-electron chi connectivity index (χ4n) is 1.43. The molecule has 1 aromatic heterocycles.